The Morgan fingerprint density at radius 1 is 1.21 bits per heavy atom. The molecule has 1 unspecified atom stereocenters. The Morgan fingerprint density at radius 3 is 2.64 bits per heavy atom. The third-order valence-corrected chi connectivity index (χ3v) is 9.09. The van der Waals surface area contributed by atoms with Gasteiger partial charge in [-0.05, 0) is 41.9 Å². The molecule has 39 heavy (non-hydrogen) atoms. The third kappa shape index (κ3) is 3.55. The first-order valence-electron chi connectivity index (χ1n) is 13.4. The largest absolute Gasteiger partial charge is 0.370 e. The molecular formula is C26H35N8O5+. The van der Waals surface area contributed by atoms with E-state index in [1.807, 2.05) is 12.1 Å². The van der Waals surface area contributed by atoms with Gasteiger partial charge in [-0.2, -0.15) is 0 Å². The highest BCUT2D eigenvalue weighted by Gasteiger charge is 2.75. The van der Waals surface area contributed by atoms with Crippen LogP contribution in [0.1, 0.15) is 61.0 Å². The highest BCUT2D eigenvalue weighted by atomic mass is 16.5. The summed E-state index contributed by atoms with van der Waals surface area (Å²) in [4.78, 5) is 43.8. The van der Waals surface area contributed by atoms with Gasteiger partial charge in [-0.1, -0.05) is 26.0 Å². The zero-order valence-corrected chi connectivity index (χ0v) is 22.0. The topological polar surface area (TPSA) is 198 Å². The molecule has 4 aliphatic heterocycles. The second-order valence-electron chi connectivity index (χ2n) is 11.8. The van der Waals surface area contributed by atoms with Crippen LogP contribution in [0.5, 0.6) is 0 Å². The van der Waals surface area contributed by atoms with Crippen LogP contribution in [-0.4, -0.2) is 92.0 Å². The summed E-state index contributed by atoms with van der Waals surface area (Å²) in [6, 6.07) is 2.78. The van der Waals surface area contributed by atoms with Crippen LogP contribution in [0.25, 0.3) is 0 Å². The molecule has 1 aromatic rings. The molecule has 5 aliphatic rings. The van der Waals surface area contributed by atoms with Crippen LogP contribution in [0.15, 0.2) is 23.2 Å². The fraction of sp³-hybridized carbons (Fsp3) is 0.577. The SMILES string of the molecule is CC1(C)CCCc2c(C(=O)NC3C[N+]4=C(N)N[C@@H](CN5C(=O)CCC5=O)[C@@H]5N=C(N)N[C@@]54C3(O)O)cccc21. The number of carbonyl (C=O) groups excluding carboxylic acids is 3. The van der Waals surface area contributed by atoms with Gasteiger partial charge in [-0.15, -0.1) is 0 Å². The van der Waals surface area contributed by atoms with Crippen LogP contribution in [0.3, 0.4) is 0 Å². The second-order valence-corrected chi connectivity index (χ2v) is 11.8. The van der Waals surface area contributed by atoms with Crippen LogP contribution >= 0.6 is 0 Å². The Bertz CT molecular complexity index is 1340. The van der Waals surface area contributed by atoms with Crippen molar-refractivity contribution in [2.45, 2.75) is 80.9 Å². The zero-order valence-electron chi connectivity index (χ0n) is 22.0. The average molecular weight is 540 g/mol. The number of aliphatic imine (C=N–C) groups is 1. The highest BCUT2D eigenvalue weighted by Crippen LogP contribution is 2.42. The third-order valence-electron chi connectivity index (χ3n) is 9.09. The van der Waals surface area contributed by atoms with Crippen molar-refractivity contribution in [1.82, 2.24) is 20.9 Å². The summed E-state index contributed by atoms with van der Waals surface area (Å²) in [5.41, 5.74) is 13.2. The van der Waals surface area contributed by atoms with Gasteiger partial charge in [0.05, 0.1) is 13.1 Å². The van der Waals surface area contributed by atoms with Crippen molar-refractivity contribution in [2.24, 2.45) is 16.5 Å². The molecule has 0 bridgehead atoms. The fourth-order valence-electron chi connectivity index (χ4n) is 7.11. The van der Waals surface area contributed by atoms with Crippen LogP contribution in [0, 0.1) is 0 Å². The summed E-state index contributed by atoms with van der Waals surface area (Å²) in [5.74, 6) is -3.61. The molecule has 13 nitrogen and oxygen atoms in total. The number of likely N-dealkylation sites (tertiary alicyclic amines) is 1. The Kier molecular flexibility index (Phi) is 5.50. The highest BCUT2D eigenvalue weighted by molar-refractivity contribution is 6.02. The van der Waals surface area contributed by atoms with E-state index < -0.39 is 35.5 Å². The molecule has 3 amide bonds. The van der Waals surface area contributed by atoms with Crippen LogP contribution in [0.2, 0.25) is 0 Å². The average Bonchev–Trinajstić information content (AvgIpc) is 3.46. The number of guanidine groups is 2. The molecule has 4 atom stereocenters. The molecule has 9 N–H and O–H groups in total. The van der Waals surface area contributed by atoms with Gasteiger partial charge < -0.3 is 26.6 Å². The minimum absolute atomic E-state index is 0.0515. The minimum atomic E-state index is -2.59. The Morgan fingerprint density at radius 2 is 1.92 bits per heavy atom. The maximum Gasteiger partial charge on any atom is 0.346 e. The van der Waals surface area contributed by atoms with Gasteiger partial charge in [0.1, 0.15) is 18.1 Å². The smallest absolute Gasteiger partial charge is 0.346 e. The van der Waals surface area contributed by atoms with E-state index in [0.29, 0.717) is 5.56 Å². The predicted molar refractivity (Wildman–Crippen MR) is 139 cm³/mol. The summed E-state index contributed by atoms with van der Waals surface area (Å²) >= 11 is 0. The van der Waals surface area contributed by atoms with E-state index in [1.54, 1.807) is 6.07 Å². The van der Waals surface area contributed by atoms with Gasteiger partial charge in [-0.25, -0.2) is 9.57 Å². The number of benzene rings is 1. The molecule has 6 rings (SSSR count). The van der Waals surface area contributed by atoms with E-state index in [0.717, 1.165) is 35.3 Å². The van der Waals surface area contributed by atoms with Crippen molar-refractivity contribution in [1.29, 1.82) is 0 Å². The number of aliphatic hydroxyl groups is 2. The first kappa shape index (κ1) is 25.6. The molecule has 0 aromatic heterocycles. The van der Waals surface area contributed by atoms with Crippen LogP contribution in [0.4, 0.5) is 0 Å². The second kappa shape index (κ2) is 8.39. The lowest BCUT2D eigenvalue weighted by Gasteiger charge is -2.44. The number of hydrogen-bond donors (Lipinski definition) is 7. The van der Waals surface area contributed by atoms with Gasteiger partial charge in [0.25, 0.3) is 5.91 Å². The molecule has 2 fully saturated rings. The number of fused-ring (bicyclic) bond motifs is 1. The Hall–Kier alpha value is -3.71. The number of rotatable bonds is 4. The number of amides is 3. The molecule has 2 saturated heterocycles. The van der Waals surface area contributed by atoms with E-state index in [1.165, 1.54) is 4.58 Å². The van der Waals surface area contributed by atoms with Crippen molar-refractivity contribution in [2.75, 3.05) is 13.1 Å². The Labute approximate surface area is 225 Å². The monoisotopic (exact) mass is 539 g/mol. The molecule has 1 aromatic carbocycles. The number of nitrogens with two attached hydrogens (primary N) is 2. The lowest BCUT2D eigenvalue weighted by Crippen LogP contribution is -2.79. The van der Waals surface area contributed by atoms with Crippen molar-refractivity contribution >= 4 is 29.6 Å². The van der Waals surface area contributed by atoms with E-state index in [2.05, 4.69) is 34.8 Å². The predicted octanol–water partition coefficient (Wildman–Crippen LogP) is -2.48. The molecule has 1 aliphatic carbocycles. The van der Waals surface area contributed by atoms with Crippen LogP contribution < -0.4 is 27.4 Å². The number of carbonyl (C=O) groups is 3. The fourth-order valence-corrected chi connectivity index (χ4v) is 7.11. The molecule has 208 valence electrons. The van der Waals surface area contributed by atoms with E-state index in [9.17, 15) is 24.6 Å². The lowest BCUT2D eigenvalue weighted by molar-refractivity contribution is -0.623. The molecule has 1 spiro atoms. The Balaban J connectivity index is 1.32. The molecule has 4 heterocycles. The summed E-state index contributed by atoms with van der Waals surface area (Å²) in [7, 11) is 0. The van der Waals surface area contributed by atoms with Crippen molar-refractivity contribution in [3.63, 3.8) is 0 Å². The lowest BCUT2D eigenvalue weighted by atomic mass is 9.71. The zero-order chi connectivity index (χ0) is 27.9. The quantitative estimate of drug-likeness (QED) is 0.123. The van der Waals surface area contributed by atoms with Gasteiger partial charge in [0.2, 0.25) is 23.3 Å². The number of hydrogen-bond acceptors (Lipinski definition) is 10. The normalized spacial score (nSPS) is 32.2. The molecule has 13 heteroatoms. The van der Waals surface area contributed by atoms with E-state index in [4.69, 9.17) is 11.5 Å². The number of imide groups is 1. The summed E-state index contributed by atoms with van der Waals surface area (Å²) in [5, 5.41) is 32.2. The van der Waals surface area contributed by atoms with Gasteiger partial charge in [0, 0.05) is 18.4 Å². The molecular weight excluding hydrogens is 504 g/mol. The maximum atomic E-state index is 13.6. The van der Waals surface area contributed by atoms with E-state index in [-0.39, 0.29) is 55.1 Å². The van der Waals surface area contributed by atoms with Crippen molar-refractivity contribution < 1.29 is 29.2 Å². The number of nitrogens with one attached hydrogen (secondary N) is 3. The van der Waals surface area contributed by atoms with E-state index >= 15 is 0 Å². The minimum Gasteiger partial charge on any atom is -0.370 e. The van der Waals surface area contributed by atoms with Gasteiger partial charge >= 0.3 is 5.96 Å². The first-order chi connectivity index (χ1) is 18.4. The summed E-state index contributed by atoms with van der Waals surface area (Å²) < 4.78 is 1.50. The molecule has 0 radical (unpaired) electrons. The summed E-state index contributed by atoms with van der Waals surface area (Å²) in [6.07, 6.45) is 2.98. The first-order valence-corrected chi connectivity index (χ1v) is 13.4. The van der Waals surface area contributed by atoms with Crippen LogP contribution in [-0.2, 0) is 21.4 Å². The van der Waals surface area contributed by atoms with Gasteiger partial charge in [-0.3, -0.25) is 30.3 Å². The molecule has 0 saturated carbocycles. The summed E-state index contributed by atoms with van der Waals surface area (Å²) in [6.45, 7) is 4.19. The van der Waals surface area contributed by atoms with Crippen molar-refractivity contribution in [3.8, 4) is 0 Å². The van der Waals surface area contributed by atoms with Crippen molar-refractivity contribution in [3.05, 3.63) is 34.9 Å². The number of nitrogens with zero attached hydrogens (tertiary/aromatic N) is 3. The van der Waals surface area contributed by atoms with Gasteiger partial charge in [0.15, 0.2) is 5.96 Å². The standard InChI is InChI=1S/C26H34N8O5/c1-24(2)10-4-6-13-14(5-3-7-15(13)24)21(37)30-17-12-34-23(28)29-16(11-33-18(35)8-9-19(33)36)20-25(34,26(17,38)39)32-22(27)31-20/h3,5,7,16-17,20,38-39H,4,6,8-12H2,1-2H3,(H6,27,28,29,30,31,32,37)/p+1/t16-,17?,20-,25-/m0/s1. The maximum absolute atomic E-state index is 13.6.